The van der Waals surface area contributed by atoms with Crippen molar-refractivity contribution in [3.05, 3.63) is 56.2 Å². The first kappa shape index (κ1) is 12.9. The van der Waals surface area contributed by atoms with E-state index in [0.29, 0.717) is 11.3 Å². The van der Waals surface area contributed by atoms with Gasteiger partial charge in [-0.15, -0.1) is 11.3 Å². The lowest BCUT2D eigenvalue weighted by atomic mass is 10.0. The second-order valence-electron chi connectivity index (χ2n) is 3.90. The monoisotopic (exact) mass is 318 g/mol. The van der Waals surface area contributed by atoms with Crippen LogP contribution in [0.1, 0.15) is 16.0 Å². The van der Waals surface area contributed by atoms with E-state index in [1.54, 1.807) is 0 Å². The third kappa shape index (κ3) is 2.63. The highest BCUT2D eigenvalue weighted by atomic mass is 79.9. The third-order valence-electron chi connectivity index (χ3n) is 2.50. The first-order chi connectivity index (χ1) is 8.61. The number of halogens is 1. The molecule has 0 aliphatic heterocycles. The van der Waals surface area contributed by atoms with Crippen LogP contribution in [0.4, 0.5) is 0 Å². The Labute approximate surface area is 118 Å². The zero-order valence-electron chi connectivity index (χ0n) is 9.77. The van der Waals surface area contributed by atoms with E-state index in [1.807, 2.05) is 42.6 Å². The fourth-order valence-corrected chi connectivity index (χ4v) is 3.05. The molecule has 0 aliphatic rings. The minimum atomic E-state index is 0.518. The lowest BCUT2D eigenvalue weighted by molar-refractivity contribution is 1.40. The van der Waals surface area contributed by atoms with Crippen molar-refractivity contribution in [1.82, 2.24) is 0 Å². The van der Waals surface area contributed by atoms with Crippen LogP contribution in [0.2, 0.25) is 0 Å². The van der Waals surface area contributed by atoms with Gasteiger partial charge in [-0.05, 0) is 42.1 Å². The molecule has 0 fully saturated rings. The van der Waals surface area contributed by atoms with E-state index in [0.717, 1.165) is 20.5 Å². The summed E-state index contributed by atoms with van der Waals surface area (Å²) in [4.78, 5) is 0.896. The van der Waals surface area contributed by atoms with Crippen LogP contribution in [0, 0.1) is 18.3 Å². The molecule has 0 atom stereocenters. The Kier molecular flexibility index (Phi) is 3.85. The van der Waals surface area contributed by atoms with Crippen molar-refractivity contribution in [2.24, 2.45) is 5.73 Å². The summed E-state index contributed by atoms with van der Waals surface area (Å²) in [7, 11) is 0. The lowest BCUT2D eigenvalue weighted by Gasteiger charge is -2.06. The second kappa shape index (κ2) is 5.38. The van der Waals surface area contributed by atoms with Gasteiger partial charge in [0.15, 0.2) is 0 Å². The van der Waals surface area contributed by atoms with E-state index in [4.69, 9.17) is 5.73 Å². The Morgan fingerprint density at radius 2 is 2.17 bits per heavy atom. The number of aryl methyl sites for hydroxylation is 1. The molecule has 0 saturated heterocycles. The molecule has 0 bridgehead atoms. The summed E-state index contributed by atoms with van der Waals surface area (Å²) in [5, 5.41) is 11.2. The smallest absolute Gasteiger partial charge is 0.103 e. The number of nitriles is 1. The van der Waals surface area contributed by atoms with Crippen molar-refractivity contribution in [3.8, 4) is 6.07 Å². The van der Waals surface area contributed by atoms with Gasteiger partial charge in [-0.25, -0.2) is 0 Å². The van der Waals surface area contributed by atoms with Crippen LogP contribution in [0.15, 0.2) is 40.2 Å². The number of rotatable bonds is 2. The van der Waals surface area contributed by atoms with Crippen LogP contribution in [0.5, 0.6) is 0 Å². The van der Waals surface area contributed by atoms with Crippen LogP contribution < -0.4 is 5.73 Å². The highest BCUT2D eigenvalue weighted by Crippen LogP contribution is 2.27. The Bertz CT molecular complexity index is 616. The van der Waals surface area contributed by atoms with Crippen LogP contribution in [-0.2, 0) is 0 Å². The van der Waals surface area contributed by atoms with Gasteiger partial charge in [0, 0.05) is 14.9 Å². The summed E-state index contributed by atoms with van der Waals surface area (Å²) >= 11 is 4.96. The molecule has 0 aliphatic carbocycles. The lowest BCUT2D eigenvalue weighted by Crippen LogP contribution is -2.00. The molecule has 0 spiro atoms. The molecule has 4 heteroatoms. The maximum Gasteiger partial charge on any atom is 0.103 e. The third-order valence-corrected chi connectivity index (χ3v) is 3.85. The molecule has 18 heavy (non-hydrogen) atoms. The molecule has 2 rings (SSSR count). The number of thiophene rings is 1. The van der Waals surface area contributed by atoms with Crippen molar-refractivity contribution in [2.45, 2.75) is 6.92 Å². The zero-order valence-corrected chi connectivity index (χ0v) is 12.2. The molecule has 2 N–H and O–H groups in total. The van der Waals surface area contributed by atoms with Gasteiger partial charge in [0.25, 0.3) is 0 Å². The molecule has 1 heterocycles. The Morgan fingerprint density at radius 3 is 2.72 bits per heavy atom. The first-order valence-electron chi connectivity index (χ1n) is 5.33. The molecule has 90 valence electrons. The van der Waals surface area contributed by atoms with Crippen LogP contribution in [0.25, 0.3) is 11.3 Å². The minimum absolute atomic E-state index is 0.518. The van der Waals surface area contributed by atoms with E-state index in [2.05, 4.69) is 22.0 Å². The van der Waals surface area contributed by atoms with Gasteiger partial charge in [0.2, 0.25) is 0 Å². The van der Waals surface area contributed by atoms with Gasteiger partial charge < -0.3 is 5.73 Å². The highest BCUT2D eigenvalue weighted by molar-refractivity contribution is 9.10. The molecular weight excluding hydrogens is 308 g/mol. The van der Waals surface area contributed by atoms with Gasteiger partial charge in [-0.3, -0.25) is 0 Å². The molecule has 2 aromatic rings. The molecule has 0 amide bonds. The molecule has 1 aromatic carbocycles. The van der Waals surface area contributed by atoms with E-state index >= 15 is 0 Å². The fourth-order valence-electron chi connectivity index (χ4n) is 1.71. The molecular formula is C14H11BrN2S. The van der Waals surface area contributed by atoms with Crippen molar-refractivity contribution in [3.63, 3.8) is 0 Å². The first-order valence-corrected chi connectivity index (χ1v) is 7.00. The maximum absolute atomic E-state index is 9.28. The van der Waals surface area contributed by atoms with Crippen LogP contribution in [0.3, 0.4) is 0 Å². The fraction of sp³-hybridized carbons (Fsp3) is 0.0714. The number of benzene rings is 1. The predicted octanol–water partition coefficient (Wildman–Crippen LogP) is 4.17. The summed E-state index contributed by atoms with van der Waals surface area (Å²) in [6.07, 6.45) is 0. The van der Waals surface area contributed by atoms with Gasteiger partial charge in [-0.1, -0.05) is 22.0 Å². The largest absolute Gasteiger partial charge is 0.397 e. The molecule has 0 saturated carbocycles. The molecule has 2 nitrogen and oxygen atoms in total. The molecule has 1 aromatic heterocycles. The highest BCUT2D eigenvalue weighted by Gasteiger charge is 2.10. The normalized spacial score (nSPS) is 11.8. The van der Waals surface area contributed by atoms with Crippen molar-refractivity contribution >= 4 is 38.5 Å². The number of hydrogen-bond acceptors (Lipinski definition) is 3. The topological polar surface area (TPSA) is 49.8 Å². The summed E-state index contributed by atoms with van der Waals surface area (Å²) in [5.41, 5.74) is 9.14. The predicted molar refractivity (Wildman–Crippen MR) is 79.8 cm³/mol. The van der Waals surface area contributed by atoms with Gasteiger partial charge >= 0.3 is 0 Å². The second-order valence-corrected chi connectivity index (χ2v) is 5.76. The summed E-state index contributed by atoms with van der Waals surface area (Å²) < 4.78 is 0.962. The van der Waals surface area contributed by atoms with E-state index in [1.165, 1.54) is 11.3 Å². The summed E-state index contributed by atoms with van der Waals surface area (Å²) in [6.45, 7) is 2.00. The minimum Gasteiger partial charge on any atom is -0.397 e. The maximum atomic E-state index is 9.28. The number of nitrogens with zero attached hydrogens (tertiary/aromatic N) is 1. The Morgan fingerprint density at radius 1 is 1.39 bits per heavy atom. The average Bonchev–Trinajstić information content (AvgIpc) is 2.82. The SMILES string of the molecule is Cc1cc(Br)cc(/C(N)=C(/C#N)c2cccs2)c1. The van der Waals surface area contributed by atoms with Crippen LogP contribution in [-0.4, -0.2) is 0 Å². The molecule has 0 radical (unpaired) electrons. The number of nitrogens with two attached hydrogens (primary N) is 1. The van der Waals surface area contributed by atoms with E-state index in [-0.39, 0.29) is 0 Å². The number of hydrogen-bond donors (Lipinski definition) is 1. The number of allylic oxidation sites excluding steroid dienone is 1. The Hall–Kier alpha value is -1.57. The van der Waals surface area contributed by atoms with Crippen molar-refractivity contribution in [1.29, 1.82) is 5.26 Å². The standard InChI is InChI=1S/C14H11BrN2S/c1-9-5-10(7-11(15)6-9)14(17)12(8-16)13-3-2-4-18-13/h2-7H,17H2,1H3/b14-12+. The van der Waals surface area contributed by atoms with Gasteiger partial charge in [0.05, 0.1) is 11.3 Å². The van der Waals surface area contributed by atoms with Crippen molar-refractivity contribution in [2.75, 3.05) is 0 Å². The van der Waals surface area contributed by atoms with Gasteiger partial charge in [-0.2, -0.15) is 5.26 Å². The quantitative estimate of drug-likeness (QED) is 0.845. The summed E-state index contributed by atoms with van der Waals surface area (Å²) in [6, 6.07) is 11.9. The van der Waals surface area contributed by atoms with Crippen molar-refractivity contribution < 1.29 is 0 Å². The van der Waals surface area contributed by atoms with Gasteiger partial charge in [0.1, 0.15) is 6.07 Å². The van der Waals surface area contributed by atoms with E-state index in [9.17, 15) is 5.26 Å². The molecule has 0 unspecified atom stereocenters. The Balaban J connectivity index is 2.58. The average molecular weight is 319 g/mol. The van der Waals surface area contributed by atoms with E-state index < -0.39 is 0 Å². The van der Waals surface area contributed by atoms with Crippen LogP contribution >= 0.6 is 27.3 Å². The summed E-state index contributed by atoms with van der Waals surface area (Å²) in [5.74, 6) is 0. The zero-order chi connectivity index (χ0) is 13.1.